The maximum absolute atomic E-state index is 13.8. The molecule has 4 rings (SSSR count). The van der Waals surface area contributed by atoms with Crippen LogP contribution in [0.1, 0.15) is 34.0 Å². The summed E-state index contributed by atoms with van der Waals surface area (Å²) in [5.41, 5.74) is -1.61. The third-order valence-electron chi connectivity index (χ3n) is 5.39. The summed E-state index contributed by atoms with van der Waals surface area (Å²) < 4.78 is 85.3. The molecule has 0 aliphatic carbocycles. The van der Waals surface area contributed by atoms with Crippen LogP contribution in [0.3, 0.4) is 0 Å². The zero-order chi connectivity index (χ0) is 22.6. The first-order valence-corrected chi connectivity index (χ1v) is 9.22. The van der Waals surface area contributed by atoms with E-state index in [0.29, 0.717) is 22.8 Å². The lowest BCUT2D eigenvalue weighted by molar-refractivity contribution is -0.143. The molecule has 0 fully saturated rings. The highest BCUT2D eigenvalue weighted by Crippen LogP contribution is 2.43. The van der Waals surface area contributed by atoms with E-state index in [1.54, 1.807) is 24.3 Å². The van der Waals surface area contributed by atoms with Gasteiger partial charge in [-0.3, -0.25) is 10.1 Å². The van der Waals surface area contributed by atoms with Gasteiger partial charge in [0.2, 0.25) is 0 Å². The fourth-order valence-corrected chi connectivity index (χ4v) is 4.00. The number of alkyl halides is 6. The maximum atomic E-state index is 13.8. The first-order valence-electron chi connectivity index (χ1n) is 9.22. The lowest BCUT2D eigenvalue weighted by Gasteiger charge is -2.32. The molecule has 31 heavy (non-hydrogen) atoms. The average molecular weight is 442 g/mol. The number of carbonyl (C=O) groups is 1. The predicted molar refractivity (Wildman–Crippen MR) is 99.2 cm³/mol. The van der Waals surface area contributed by atoms with Crippen molar-refractivity contribution in [2.24, 2.45) is 0 Å². The maximum Gasteiger partial charge on any atom is 0.416 e. The number of para-hydroxylation sites is 1. The molecule has 2 N–H and O–H groups in total. The molecule has 0 amide bonds. The third-order valence-corrected chi connectivity index (χ3v) is 5.39. The van der Waals surface area contributed by atoms with Crippen molar-refractivity contribution >= 4 is 16.9 Å². The van der Waals surface area contributed by atoms with Gasteiger partial charge in [0.25, 0.3) is 0 Å². The number of aromatic amines is 1. The Morgan fingerprint density at radius 3 is 2.39 bits per heavy atom. The van der Waals surface area contributed by atoms with Crippen molar-refractivity contribution in [2.45, 2.75) is 30.9 Å². The second-order valence-electron chi connectivity index (χ2n) is 7.24. The molecule has 1 aliphatic rings. The molecular weight excluding hydrogens is 426 g/mol. The van der Waals surface area contributed by atoms with Crippen LogP contribution in [0.4, 0.5) is 26.3 Å². The Balaban J connectivity index is 1.94. The van der Waals surface area contributed by atoms with E-state index in [0.717, 1.165) is 18.6 Å². The predicted octanol–water partition coefficient (Wildman–Crippen LogP) is 4.98. The summed E-state index contributed by atoms with van der Waals surface area (Å²) in [6.07, 6.45) is -9.81. The number of fused-ring (bicyclic) bond motifs is 3. The summed E-state index contributed by atoms with van der Waals surface area (Å²) in [5, 5.41) is 3.54. The minimum atomic E-state index is -5.04. The molecule has 4 nitrogen and oxygen atoms in total. The lowest BCUT2D eigenvalue weighted by Crippen LogP contribution is -2.46. The molecule has 0 saturated carbocycles. The molecule has 2 atom stereocenters. The van der Waals surface area contributed by atoms with Crippen molar-refractivity contribution in [1.82, 2.24) is 10.3 Å². The van der Waals surface area contributed by atoms with E-state index in [-0.39, 0.29) is 12.5 Å². The summed E-state index contributed by atoms with van der Waals surface area (Å²) in [4.78, 5) is 15.3. The number of halogens is 6. The molecule has 2 aromatic carbocycles. The number of carbonyl (C=O) groups excluding carboxylic acids is 1. The summed E-state index contributed by atoms with van der Waals surface area (Å²) >= 11 is 0. The van der Waals surface area contributed by atoms with Gasteiger partial charge in [-0.25, -0.2) is 0 Å². The van der Waals surface area contributed by atoms with Gasteiger partial charge in [0, 0.05) is 23.0 Å². The summed E-state index contributed by atoms with van der Waals surface area (Å²) in [7, 11) is 1.16. The number of H-pyrrole nitrogens is 1. The van der Waals surface area contributed by atoms with Gasteiger partial charge in [-0.15, -0.1) is 0 Å². The van der Waals surface area contributed by atoms with Crippen LogP contribution in [0.5, 0.6) is 0 Å². The second-order valence-corrected chi connectivity index (χ2v) is 7.24. The topological polar surface area (TPSA) is 54.1 Å². The number of methoxy groups -OCH3 is 1. The molecule has 3 aromatic rings. The van der Waals surface area contributed by atoms with E-state index >= 15 is 0 Å². The van der Waals surface area contributed by atoms with Gasteiger partial charge >= 0.3 is 18.3 Å². The smallest absolute Gasteiger partial charge is 0.416 e. The van der Waals surface area contributed by atoms with Gasteiger partial charge in [-0.1, -0.05) is 24.3 Å². The molecule has 0 unspecified atom stereocenters. The SMILES string of the molecule is COC(=O)[C@@H]1Cc2c([nH]c3ccccc23)[C@H](c2ccc(C(F)(F)F)cc2C(F)(F)F)N1. The van der Waals surface area contributed by atoms with Gasteiger partial charge in [-0.2, -0.15) is 26.3 Å². The minimum absolute atomic E-state index is 0.0983. The first-order chi connectivity index (χ1) is 14.5. The summed E-state index contributed by atoms with van der Waals surface area (Å²) in [5.74, 6) is -0.679. The highest BCUT2D eigenvalue weighted by atomic mass is 19.4. The quantitative estimate of drug-likeness (QED) is 0.435. The van der Waals surface area contributed by atoms with Crippen molar-refractivity contribution in [3.05, 3.63) is 70.4 Å². The number of hydrogen-bond donors (Lipinski definition) is 2. The zero-order valence-corrected chi connectivity index (χ0v) is 16.0. The van der Waals surface area contributed by atoms with Gasteiger partial charge in [0.1, 0.15) is 6.04 Å². The summed E-state index contributed by atoms with van der Waals surface area (Å²) in [6.45, 7) is 0. The van der Waals surface area contributed by atoms with E-state index in [9.17, 15) is 31.1 Å². The number of ether oxygens (including phenoxy) is 1. The standard InChI is InChI=1S/C21H16F6N2O2/c1-31-19(30)16-9-13-11-4-2-3-5-15(11)28-18(13)17(29-16)12-7-6-10(20(22,23)24)8-14(12)21(25,26)27/h2-8,16-17,28-29H,9H2,1H3/t16-,17-/m0/s1. The molecule has 0 bridgehead atoms. The summed E-state index contributed by atoms with van der Waals surface area (Å²) in [6, 6.07) is 6.33. The molecule has 0 spiro atoms. The van der Waals surface area contributed by atoms with Crippen LogP contribution in [0.25, 0.3) is 10.9 Å². The van der Waals surface area contributed by atoms with Crippen molar-refractivity contribution in [3.63, 3.8) is 0 Å². The minimum Gasteiger partial charge on any atom is -0.468 e. The van der Waals surface area contributed by atoms with Crippen LogP contribution in [0, 0.1) is 0 Å². The molecule has 0 radical (unpaired) electrons. The third kappa shape index (κ3) is 3.76. The van der Waals surface area contributed by atoms with Gasteiger partial charge < -0.3 is 9.72 Å². The number of nitrogens with one attached hydrogen (secondary N) is 2. The molecule has 164 valence electrons. The van der Waals surface area contributed by atoms with Crippen LogP contribution in [0.15, 0.2) is 42.5 Å². The Labute approximate surface area is 172 Å². The number of esters is 1. The van der Waals surface area contributed by atoms with Gasteiger partial charge in [0.15, 0.2) is 0 Å². The van der Waals surface area contributed by atoms with Crippen LogP contribution < -0.4 is 5.32 Å². The van der Waals surface area contributed by atoms with Gasteiger partial charge in [0.05, 0.1) is 24.3 Å². The molecule has 1 aliphatic heterocycles. The van der Waals surface area contributed by atoms with E-state index in [2.05, 4.69) is 10.3 Å². The van der Waals surface area contributed by atoms with Gasteiger partial charge in [-0.05, 0) is 29.3 Å². The number of rotatable bonds is 2. The van der Waals surface area contributed by atoms with Crippen LogP contribution in [-0.2, 0) is 28.3 Å². The van der Waals surface area contributed by atoms with E-state index in [4.69, 9.17) is 4.74 Å². The Hall–Kier alpha value is -3.01. The molecule has 1 aromatic heterocycles. The second kappa shape index (κ2) is 7.30. The largest absolute Gasteiger partial charge is 0.468 e. The van der Waals surface area contributed by atoms with E-state index < -0.39 is 47.1 Å². The average Bonchev–Trinajstić information content (AvgIpc) is 3.09. The van der Waals surface area contributed by atoms with Crippen LogP contribution in [-0.4, -0.2) is 24.1 Å². The van der Waals surface area contributed by atoms with Crippen molar-refractivity contribution in [1.29, 1.82) is 0 Å². The molecule has 10 heteroatoms. The van der Waals surface area contributed by atoms with Crippen molar-refractivity contribution in [3.8, 4) is 0 Å². The Morgan fingerprint density at radius 1 is 1.03 bits per heavy atom. The first kappa shape index (κ1) is 21.2. The zero-order valence-electron chi connectivity index (χ0n) is 16.0. The number of benzene rings is 2. The fourth-order valence-electron chi connectivity index (χ4n) is 4.00. The van der Waals surface area contributed by atoms with Crippen molar-refractivity contribution < 1.29 is 35.9 Å². The molecular formula is C21H16F6N2O2. The van der Waals surface area contributed by atoms with Crippen molar-refractivity contribution in [2.75, 3.05) is 7.11 Å². The van der Waals surface area contributed by atoms with E-state index in [1.165, 1.54) is 0 Å². The Morgan fingerprint density at radius 2 is 1.74 bits per heavy atom. The normalized spacial score (nSPS) is 19.3. The van der Waals surface area contributed by atoms with Crippen LogP contribution >= 0.6 is 0 Å². The van der Waals surface area contributed by atoms with Crippen LogP contribution in [0.2, 0.25) is 0 Å². The number of hydrogen-bond acceptors (Lipinski definition) is 3. The Bertz CT molecular complexity index is 1150. The molecule has 0 saturated heterocycles. The van der Waals surface area contributed by atoms with E-state index in [1.807, 2.05) is 0 Å². The Kier molecular flexibility index (Phi) is 5.00. The highest BCUT2D eigenvalue weighted by Gasteiger charge is 2.42. The number of aromatic nitrogens is 1. The highest BCUT2D eigenvalue weighted by molar-refractivity contribution is 5.87. The monoisotopic (exact) mass is 442 g/mol. The lowest BCUT2D eigenvalue weighted by atomic mass is 9.87. The fraction of sp³-hybridized carbons (Fsp3) is 0.286. The molecule has 2 heterocycles.